The van der Waals surface area contributed by atoms with E-state index < -0.39 is 17.0 Å². The molecule has 1 aliphatic rings. The zero-order valence-electron chi connectivity index (χ0n) is 8.33. The Labute approximate surface area is 77.2 Å². The summed E-state index contributed by atoms with van der Waals surface area (Å²) in [7, 11) is 0. The number of amidine groups is 1. The highest BCUT2D eigenvalue weighted by atomic mass is 16.5. The number of hydroxylamine groups is 2. The van der Waals surface area contributed by atoms with Crippen molar-refractivity contribution in [3.8, 4) is 0 Å². The lowest BCUT2D eigenvalue weighted by molar-refractivity contribution is -0.122. The van der Waals surface area contributed by atoms with Gasteiger partial charge in [0.05, 0.1) is 11.1 Å². The van der Waals surface area contributed by atoms with E-state index in [0.29, 0.717) is 0 Å². The van der Waals surface area contributed by atoms with Crippen LogP contribution in [0.25, 0.3) is 0 Å². The van der Waals surface area contributed by atoms with E-state index in [1.807, 2.05) is 13.8 Å². The fraction of sp³-hybridized carbons (Fsp3) is 0.750. The van der Waals surface area contributed by atoms with Gasteiger partial charge in [0.1, 0.15) is 0 Å². The van der Waals surface area contributed by atoms with Gasteiger partial charge in [0.2, 0.25) is 5.84 Å². The molecule has 0 bridgehead atoms. The van der Waals surface area contributed by atoms with Crippen LogP contribution in [-0.2, 0) is 4.79 Å². The lowest BCUT2D eigenvalue weighted by Crippen LogP contribution is -2.53. The van der Waals surface area contributed by atoms with Crippen LogP contribution in [0.4, 0.5) is 0 Å². The first-order chi connectivity index (χ1) is 5.70. The number of hydrogen-bond donors (Lipinski definition) is 2. The van der Waals surface area contributed by atoms with Gasteiger partial charge >= 0.3 is 0 Å². The van der Waals surface area contributed by atoms with E-state index in [1.54, 1.807) is 13.8 Å². The minimum absolute atomic E-state index is 0.0741. The summed E-state index contributed by atoms with van der Waals surface area (Å²) in [6.45, 7) is 7.28. The van der Waals surface area contributed by atoms with Crippen LogP contribution in [0.5, 0.6) is 0 Å². The maximum Gasteiger partial charge on any atom is 0.286 e. The van der Waals surface area contributed by atoms with E-state index >= 15 is 0 Å². The van der Waals surface area contributed by atoms with Crippen LogP contribution in [0.2, 0.25) is 0 Å². The molecule has 13 heavy (non-hydrogen) atoms. The molecule has 5 heteroatoms. The van der Waals surface area contributed by atoms with E-state index in [9.17, 15) is 10.0 Å². The van der Waals surface area contributed by atoms with Crippen LogP contribution in [0, 0.1) is 0 Å². The SMILES string of the molecule is CC1(C)N=C(C(N)=O)N(O)C1(C)C. The molecule has 0 aromatic rings. The molecule has 0 aliphatic carbocycles. The molecule has 0 unspecified atom stereocenters. The van der Waals surface area contributed by atoms with E-state index in [4.69, 9.17) is 5.73 Å². The van der Waals surface area contributed by atoms with Crippen molar-refractivity contribution >= 4 is 11.7 Å². The Balaban J connectivity index is 3.14. The van der Waals surface area contributed by atoms with E-state index in [1.165, 1.54) is 0 Å². The van der Waals surface area contributed by atoms with Gasteiger partial charge in [-0.05, 0) is 27.7 Å². The zero-order chi connectivity index (χ0) is 10.4. The van der Waals surface area contributed by atoms with Crippen molar-refractivity contribution in [3.63, 3.8) is 0 Å². The largest absolute Gasteiger partial charge is 0.363 e. The molecule has 0 saturated heterocycles. The second kappa shape index (κ2) is 2.45. The Morgan fingerprint density at radius 3 is 2.08 bits per heavy atom. The Morgan fingerprint density at radius 2 is 1.92 bits per heavy atom. The van der Waals surface area contributed by atoms with Gasteiger partial charge in [0, 0.05) is 0 Å². The minimum Gasteiger partial charge on any atom is -0.363 e. The summed E-state index contributed by atoms with van der Waals surface area (Å²) in [6, 6.07) is 0. The number of carbonyl (C=O) groups is 1. The molecule has 0 radical (unpaired) electrons. The number of aliphatic imine (C=N–C) groups is 1. The van der Waals surface area contributed by atoms with Crippen molar-refractivity contribution in [2.75, 3.05) is 0 Å². The van der Waals surface area contributed by atoms with Crippen LogP contribution in [0.1, 0.15) is 27.7 Å². The Bertz CT molecular complexity index is 281. The highest BCUT2D eigenvalue weighted by Gasteiger charge is 2.50. The summed E-state index contributed by atoms with van der Waals surface area (Å²) >= 11 is 0. The van der Waals surface area contributed by atoms with Gasteiger partial charge in [-0.25, -0.2) is 5.06 Å². The van der Waals surface area contributed by atoms with Crippen LogP contribution in [-0.4, -0.2) is 33.1 Å². The van der Waals surface area contributed by atoms with Gasteiger partial charge in [-0.1, -0.05) is 0 Å². The quantitative estimate of drug-likeness (QED) is 0.609. The third-order valence-electron chi connectivity index (χ3n) is 2.83. The molecule has 0 fully saturated rings. The standard InChI is InChI=1S/C8H15N3O2/c1-7(2)8(3,4)11(13)6(10-7)5(9)12/h13H,1-4H3,(H2,9,12). The van der Waals surface area contributed by atoms with Crippen molar-refractivity contribution < 1.29 is 10.0 Å². The van der Waals surface area contributed by atoms with Gasteiger partial charge in [-0.2, -0.15) is 0 Å². The first-order valence-corrected chi connectivity index (χ1v) is 4.09. The lowest BCUT2D eigenvalue weighted by atomic mass is 9.84. The molecule has 1 heterocycles. The van der Waals surface area contributed by atoms with Crippen molar-refractivity contribution in [1.82, 2.24) is 5.06 Å². The molecule has 1 rings (SSSR count). The second-order valence-corrected chi connectivity index (χ2v) is 4.23. The molecule has 5 nitrogen and oxygen atoms in total. The summed E-state index contributed by atoms with van der Waals surface area (Å²) in [5, 5.41) is 10.5. The summed E-state index contributed by atoms with van der Waals surface area (Å²) in [5.74, 6) is -0.781. The van der Waals surface area contributed by atoms with Crippen LogP contribution in [0.15, 0.2) is 4.99 Å². The van der Waals surface area contributed by atoms with E-state index in [0.717, 1.165) is 5.06 Å². The summed E-state index contributed by atoms with van der Waals surface area (Å²) in [5.41, 5.74) is 3.92. The van der Waals surface area contributed by atoms with Gasteiger partial charge in [0.15, 0.2) is 0 Å². The minimum atomic E-state index is -0.707. The first-order valence-electron chi connectivity index (χ1n) is 4.09. The Morgan fingerprint density at radius 1 is 1.46 bits per heavy atom. The number of primary amides is 1. The third-order valence-corrected chi connectivity index (χ3v) is 2.83. The summed E-state index contributed by atoms with van der Waals surface area (Å²) in [4.78, 5) is 14.9. The molecule has 0 spiro atoms. The van der Waals surface area contributed by atoms with Crippen molar-refractivity contribution in [1.29, 1.82) is 0 Å². The lowest BCUT2D eigenvalue weighted by Gasteiger charge is -2.36. The second-order valence-electron chi connectivity index (χ2n) is 4.23. The maximum absolute atomic E-state index is 10.9. The normalized spacial score (nSPS) is 24.4. The number of nitrogens with two attached hydrogens (primary N) is 1. The van der Waals surface area contributed by atoms with Gasteiger partial charge in [-0.15, -0.1) is 0 Å². The summed E-state index contributed by atoms with van der Waals surface area (Å²) < 4.78 is 0. The topological polar surface area (TPSA) is 78.9 Å². The van der Waals surface area contributed by atoms with Crippen molar-refractivity contribution in [2.24, 2.45) is 10.7 Å². The fourth-order valence-corrected chi connectivity index (χ4v) is 1.13. The monoisotopic (exact) mass is 185 g/mol. The number of rotatable bonds is 1. The highest BCUT2D eigenvalue weighted by Crippen LogP contribution is 2.35. The molecular formula is C8H15N3O2. The Kier molecular flexibility index (Phi) is 1.88. The summed E-state index contributed by atoms with van der Waals surface area (Å²) in [6.07, 6.45) is 0. The number of nitrogens with zero attached hydrogens (tertiary/aromatic N) is 2. The molecule has 3 N–H and O–H groups in total. The predicted octanol–water partition coefficient (Wildman–Crippen LogP) is 0.132. The molecule has 0 aromatic carbocycles. The molecule has 1 aliphatic heterocycles. The molecule has 1 amide bonds. The number of carbonyl (C=O) groups excluding carboxylic acids is 1. The smallest absolute Gasteiger partial charge is 0.286 e. The zero-order valence-corrected chi connectivity index (χ0v) is 8.33. The van der Waals surface area contributed by atoms with E-state index in [2.05, 4.69) is 4.99 Å². The van der Waals surface area contributed by atoms with E-state index in [-0.39, 0.29) is 5.84 Å². The third kappa shape index (κ3) is 1.19. The average molecular weight is 185 g/mol. The predicted molar refractivity (Wildman–Crippen MR) is 48.4 cm³/mol. The average Bonchev–Trinajstić information content (AvgIpc) is 2.11. The highest BCUT2D eigenvalue weighted by molar-refractivity contribution is 6.37. The molecule has 0 saturated carbocycles. The van der Waals surface area contributed by atoms with Gasteiger partial charge < -0.3 is 5.73 Å². The molecular weight excluding hydrogens is 170 g/mol. The number of hydrogen-bond acceptors (Lipinski definition) is 4. The molecule has 0 aromatic heterocycles. The van der Waals surface area contributed by atoms with Crippen molar-refractivity contribution in [3.05, 3.63) is 0 Å². The number of amides is 1. The fourth-order valence-electron chi connectivity index (χ4n) is 1.13. The van der Waals surface area contributed by atoms with Crippen LogP contribution >= 0.6 is 0 Å². The van der Waals surface area contributed by atoms with Crippen LogP contribution < -0.4 is 5.73 Å². The van der Waals surface area contributed by atoms with Crippen LogP contribution in [0.3, 0.4) is 0 Å². The van der Waals surface area contributed by atoms with Gasteiger partial charge in [-0.3, -0.25) is 15.0 Å². The maximum atomic E-state index is 10.9. The first kappa shape index (κ1) is 9.98. The molecule has 0 atom stereocenters. The molecule has 74 valence electrons. The Hall–Kier alpha value is -1.10. The van der Waals surface area contributed by atoms with Gasteiger partial charge in [0.25, 0.3) is 5.91 Å². The van der Waals surface area contributed by atoms with Crippen molar-refractivity contribution in [2.45, 2.75) is 38.8 Å².